The molecule has 2 atom stereocenters. The summed E-state index contributed by atoms with van der Waals surface area (Å²) in [6.45, 7) is 5.98. The van der Waals surface area contributed by atoms with Gasteiger partial charge in [0.25, 0.3) is 0 Å². The van der Waals surface area contributed by atoms with Crippen molar-refractivity contribution in [3.63, 3.8) is 0 Å². The van der Waals surface area contributed by atoms with Crippen molar-refractivity contribution in [2.24, 2.45) is 16.3 Å². The SMILES string of the molecule is CC(=O)N1c2ccccc2N=C2CC(C)(C)CC(=O)C2C1c1c(Cl)cc(OCc2ccccc2)cc1Cl. The quantitative estimate of drug-likeness (QED) is 0.343. The van der Waals surface area contributed by atoms with Gasteiger partial charge in [-0.3, -0.25) is 14.6 Å². The Balaban J connectivity index is 1.63. The Morgan fingerprint density at radius 2 is 1.68 bits per heavy atom. The van der Waals surface area contributed by atoms with E-state index in [1.54, 1.807) is 17.0 Å². The summed E-state index contributed by atoms with van der Waals surface area (Å²) in [6.07, 6.45) is 1.01. The molecule has 1 aliphatic heterocycles. The van der Waals surface area contributed by atoms with E-state index >= 15 is 0 Å². The van der Waals surface area contributed by atoms with Crippen molar-refractivity contribution in [3.8, 4) is 5.75 Å². The highest BCUT2D eigenvalue weighted by Gasteiger charge is 2.48. The number of halogens is 2. The number of hydrogen-bond donors (Lipinski definition) is 0. The maximum Gasteiger partial charge on any atom is 0.224 e. The van der Waals surface area contributed by atoms with Crippen LogP contribution in [-0.2, 0) is 16.2 Å². The van der Waals surface area contributed by atoms with Gasteiger partial charge in [-0.15, -0.1) is 0 Å². The average Bonchev–Trinajstić information content (AvgIpc) is 2.96. The molecule has 3 aromatic rings. The number of Topliss-reactive ketones (excluding diaryl/α,β-unsaturated/α-hetero) is 1. The van der Waals surface area contributed by atoms with Crippen molar-refractivity contribution in [2.75, 3.05) is 4.90 Å². The molecule has 1 aliphatic carbocycles. The first-order valence-electron chi connectivity index (χ1n) is 12.3. The Morgan fingerprint density at radius 3 is 2.35 bits per heavy atom. The third-order valence-corrected chi connectivity index (χ3v) is 7.58. The molecule has 1 heterocycles. The smallest absolute Gasteiger partial charge is 0.224 e. The maximum absolute atomic E-state index is 13.7. The molecule has 1 fully saturated rings. The molecule has 5 rings (SSSR count). The molecule has 7 heteroatoms. The van der Waals surface area contributed by atoms with Crippen LogP contribution >= 0.6 is 23.2 Å². The predicted molar refractivity (Wildman–Crippen MR) is 148 cm³/mol. The van der Waals surface area contributed by atoms with Crippen LogP contribution in [-0.4, -0.2) is 17.4 Å². The fraction of sp³-hybridized carbons (Fsp3) is 0.300. The number of carbonyl (C=O) groups is 2. The summed E-state index contributed by atoms with van der Waals surface area (Å²) in [5.74, 6) is -0.343. The average molecular weight is 535 g/mol. The molecule has 3 aromatic carbocycles. The molecule has 2 unspecified atom stereocenters. The number of ether oxygens (including phenoxy) is 1. The first-order valence-corrected chi connectivity index (χ1v) is 13.0. The van der Waals surface area contributed by atoms with Crippen molar-refractivity contribution >= 4 is 52.0 Å². The van der Waals surface area contributed by atoms with E-state index in [4.69, 9.17) is 32.9 Å². The van der Waals surface area contributed by atoms with Gasteiger partial charge >= 0.3 is 0 Å². The van der Waals surface area contributed by atoms with Crippen LogP contribution in [0.15, 0.2) is 71.7 Å². The zero-order chi connectivity index (χ0) is 26.3. The lowest BCUT2D eigenvalue weighted by atomic mass is 9.68. The van der Waals surface area contributed by atoms with Gasteiger partial charge in [0, 0.05) is 24.6 Å². The molecule has 0 radical (unpaired) electrons. The molecule has 37 heavy (non-hydrogen) atoms. The molecule has 0 N–H and O–H groups in total. The minimum atomic E-state index is -0.730. The summed E-state index contributed by atoms with van der Waals surface area (Å²) >= 11 is 13.8. The fourth-order valence-electron chi connectivity index (χ4n) is 5.44. The highest BCUT2D eigenvalue weighted by Crippen LogP contribution is 2.51. The van der Waals surface area contributed by atoms with Crippen LogP contribution in [0.5, 0.6) is 5.75 Å². The Morgan fingerprint density at radius 1 is 1.03 bits per heavy atom. The van der Waals surface area contributed by atoms with Gasteiger partial charge in [-0.2, -0.15) is 0 Å². The van der Waals surface area contributed by atoms with Gasteiger partial charge in [0.05, 0.1) is 33.4 Å². The van der Waals surface area contributed by atoms with Crippen LogP contribution in [0, 0.1) is 11.3 Å². The molecular formula is C30H28Cl2N2O3. The molecule has 1 saturated carbocycles. The van der Waals surface area contributed by atoms with E-state index in [0.717, 1.165) is 11.3 Å². The van der Waals surface area contributed by atoms with Crippen LogP contribution < -0.4 is 9.64 Å². The fourth-order valence-corrected chi connectivity index (χ4v) is 6.13. The van der Waals surface area contributed by atoms with Gasteiger partial charge < -0.3 is 9.64 Å². The summed E-state index contributed by atoms with van der Waals surface area (Å²) in [4.78, 5) is 33.5. The van der Waals surface area contributed by atoms with Crippen LogP contribution in [0.25, 0.3) is 0 Å². The Labute approximate surface area is 227 Å². The molecule has 5 nitrogen and oxygen atoms in total. The van der Waals surface area contributed by atoms with Crippen LogP contribution in [0.1, 0.15) is 50.8 Å². The second-order valence-electron chi connectivity index (χ2n) is 10.5. The van der Waals surface area contributed by atoms with Crippen molar-refractivity contribution in [1.82, 2.24) is 0 Å². The largest absolute Gasteiger partial charge is 0.489 e. The topological polar surface area (TPSA) is 59.0 Å². The Bertz CT molecular complexity index is 1380. The number of nitrogens with zero attached hydrogens (tertiary/aromatic N) is 2. The van der Waals surface area contributed by atoms with Gasteiger partial charge in [-0.05, 0) is 41.7 Å². The zero-order valence-corrected chi connectivity index (χ0v) is 22.5. The first-order chi connectivity index (χ1) is 17.6. The maximum atomic E-state index is 13.7. The monoisotopic (exact) mass is 534 g/mol. The van der Waals surface area contributed by atoms with E-state index in [2.05, 4.69) is 13.8 Å². The van der Waals surface area contributed by atoms with E-state index in [0.29, 0.717) is 52.2 Å². The van der Waals surface area contributed by atoms with Gasteiger partial charge in [0.2, 0.25) is 5.91 Å². The van der Waals surface area contributed by atoms with Crippen molar-refractivity contribution < 1.29 is 14.3 Å². The van der Waals surface area contributed by atoms with Gasteiger partial charge in [0.1, 0.15) is 18.1 Å². The van der Waals surface area contributed by atoms with Gasteiger partial charge in [-0.1, -0.05) is 79.5 Å². The number of aliphatic imine (C=N–C) groups is 1. The molecule has 0 bridgehead atoms. The highest BCUT2D eigenvalue weighted by atomic mass is 35.5. The molecule has 0 aromatic heterocycles. The Kier molecular flexibility index (Phi) is 6.86. The predicted octanol–water partition coefficient (Wildman–Crippen LogP) is 7.76. The van der Waals surface area contributed by atoms with E-state index in [-0.39, 0.29) is 17.1 Å². The second kappa shape index (κ2) is 9.96. The summed E-state index contributed by atoms with van der Waals surface area (Å²) in [6, 6.07) is 19.9. The normalized spacial score (nSPS) is 20.4. The summed E-state index contributed by atoms with van der Waals surface area (Å²) < 4.78 is 5.97. The van der Waals surface area contributed by atoms with Crippen LogP contribution in [0.2, 0.25) is 10.0 Å². The van der Waals surface area contributed by atoms with Crippen molar-refractivity contribution in [3.05, 3.63) is 87.9 Å². The summed E-state index contributed by atoms with van der Waals surface area (Å²) in [5.41, 5.74) is 3.33. The van der Waals surface area contributed by atoms with E-state index in [9.17, 15) is 9.59 Å². The first kappa shape index (κ1) is 25.5. The van der Waals surface area contributed by atoms with Crippen molar-refractivity contribution in [1.29, 1.82) is 0 Å². The minimum absolute atomic E-state index is 0.0237. The number of para-hydroxylation sites is 2. The highest BCUT2D eigenvalue weighted by molar-refractivity contribution is 6.36. The minimum Gasteiger partial charge on any atom is -0.489 e. The number of hydrogen-bond acceptors (Lipinski definition) is 4. The van der Waals surface area contributed by atoms with Gasteiger partial charge in [0.15, 0.2) is 0 Å². The molecule has 1 amide bonds. The zero-order valence-electron chi connectivity index (χ0n) is 21.0. The number of amides is 1. The standard InChI is InChI=1S/C30H28Cl2N2O3/c1-18(35)34-25-12-8-7-11-23(25)33-24-15-30(2,3)16-26(36)28(24)29(34)27-21(31)13-20(14-22(27)32)37-17-19-9-5-4-6-10-19/h4-14,28-29H,15-17H2,1-3H3. The lowest BCUT2D eigenvalue weighted by Gasteiger charge is -2.41. The lowest BCUT2D eigenvalue weighted by molar-refractivity contribution is -0.124. The molecule has 2 aliphatic rings. The molecule has 190 valence electrons. The number of carbonyl (C=O) groups excluding carboxylic acids is 2. The van der Waals surface area contributed by atoms with Gasteiger partial charge in [-0.25, -0.2) is 0 Å². The number of ketones is 1. The number of benzene rings is 3. The molecule has 0 spiro atoms. The molecule has 0 saturated heterocycles. The second-order valence-corrected chi connectivity index (χ2v) is 11.3. The third kappa shape index (κ3) is 5.03. The van der Waals surface area contributed by atoms with Crippen LogP contribution in [0.3, 0.4) is 0 Å². The van der Waals surface area contributed by atoms with Crippen LogP contribution in [0.4, 0.5) is 11.4 Å². The van der Waals surface area contributed by atoms with E-state index in [1.807, 2.05) is 54.6 Å². The molecular weight excluding hydrogens is 507 g/mol. The number of rotatable bonds is 4. The number of fused-ring (bicyclic) bond motifs is 2. The Hall–Kier alpha value is -3.15. The van der Waals surface area contributed by atoms with E-state index < -0.39 is 12.0 Å². The lowest BCUT2D eigenvalue weighted by Crippen LogP contribution is -2.47. The summed E-state index contributed by atoms with van der Waals surface area (Å²) in [7, 11) is 0. The van der Waals surface area contributed by atoms with Crippen molar-refractivity contribution in [2.45, 2.75) is 46.3 Å². The number of anilines is 1. The van der Waals surface area contributed by atoms with E-state index in [1.165, 1.54) is 6.92 Å². The third-order valence-electron chi connectivity index (χ3n) is 6.95. The summed E-state index contributed by atoms with van der Waals surface area (Å²) in [5, 5.41) is 0.673.